The topological polar surface area (TPSA) is 40.5 Å². The molecule has 1 aromatic rings. The fraction of sp³-hybridized carbons (Fsp3) is 0.222. The lowest BCUT2D eigenvalue weighted by molar-refractivity contribution is 0.153. The van der Waals surface area contributed by atoms with Crippen LogP contribution in [0.15, 0.2) is 24.3 Å². The first-order valence-corrected chi connectivity index (χ1v) is 3.78. The Labute approximate surface area is 75.4 Å². The van der Waals surface area contributed by atoms with E-state index in [0.717, 1.165) is 4.90 Å². The van der Waals surface area contributed by atoms with Crippen molar-refractivity contribution >= 4 is 6.09 Å². The second-order valence-electron chi connectivity index (χ2n) is 2.77. The highest BCUT2D eigenvalue weighted by atomic mass is 19.1. The highest BCUT2D eigenvalue weighted by Gasteiger charge is 2.05. The summed E-state index contributed by atoms with van der Waals surface area (Å²) in [6, 6.07) is 5.88. The van der Waals surface area contributed by atoms with Crippen LogP contribution in [0.25, 0.3) is 0 Å². The molecule has 13 heavy (non-hydrogen) atoms. The van der Waals surface area contributed by atoms with Gasteiger partial charge in [0.1, 0.15) is 5.82 Å². The van der Waals surface area contributed by atoms with Crippen LogP contribution in [0.3, 0.4) is 0 Å². The van der Waals surface area contributed by atoms with Crippen molar-refractivity contribution in [3.05, 3.63) is 35.6 Å². The van der Waals surface area contributed by atoms with Gasteiger partial charge in [-0.2, -0.15) is 0 Å². The monoisotopic (exact) mass is 183 g/mol. The van der Waals surface area contributed by atoms with E-state index in [1.54, 1.807) is 12.1 Å². The van der Waals surface area contributed by atoms with Gasteiger partial charge in [0, 0.05) is 13.6 Å². The summed E-state index contributed by atoms with van der Waals surface area (Å²) >= 11 is 0. The maximum absolute atomic E-state index is 12.7. The Morgan fingerprint density at radius 2 is 2.31 bits per heavy atom. The van der Waals surface area contributed by atoms with Crippen molar-refractivity contribution < 1.29 is 14.3 Å². The summed E-state index contributed by atoms with van der Waals surface area (Å²) in [5, 5.41) is 8.54. The summed E-state index contributed by atoms with van der Waals surface area (Å²) in [5.41, 5.74) is 0.643. The maximum Gasteiger partial charge on any atom is 0.407 e. The normalized spacial score (nSPS) is 9.69. The second-order valence-corrected chi connectivity index (χ2v) is 2.77. The molecule has 0 atom stereocenters. The number of carbonyl (C=O) groups is 1. The van der Waals surface area contributed by atoms with E-state index in [2.05, 4.69) is 0 Å². The van der Waals surface area contributed by atoms with Crippen molar-refractivity contribution in [2.45, 2.75) is 6.54 Å². The summed E-state index contributed by atoms with van der Waals surface area (Å²) in [4.78, 5) is 11.5. The number of halogens is 1. The van der Waals surface area contributed by atoms with Crippen molar-refractivity contribution in [1.82, 2.24) is 4.90 Å². The van der Waals surface area contributed by atoms with Crippen LogP contribution in [0.4, 0.5) is 9.18 Å². The number of benzene rings is 1. The van der Waals surface area contributed by atoms with E-state index in [9.17, 15) is 9.18 Å². The molecule has 0 aliphatic rings. The van der Waals surface area contributed by atoms with Gasteiger partial charge in [-0.3, -0.25) is 0 Å². The largest absolute Gasteiger partial charge is 0.465 e. The van der Waals surface area contributed by atoms with E-state index in [1.165, 1.54) is 19.2 Å². The van der Waals surface area contributed by atoms with Crippen molar-refractivity contribution in [2.75, 3.05) is 7.05 Å². The standard InChI is InChI=1S/C9H10FNO2/c1-11(9(12)13)6-7-3-2-4-8(10)5-7/h2-5H,6H2,1H3,(H,12,13). The fourth-order valence-corrected chi connectivity index (χ4v) is 0.977. The molecule has 0 spiro atoms. The molecule has 0 aliphatic carbocycles. The number of hydrogen-bond donors (Lipinski definition) is 1. The van der Waals surface area contributed by atoms with Gasteiger partial charge in [-0.15, -0.1) is 0 Å². The van der Waals surface area contributed by atoms with Crippen LogP contribution >= 0.6 is 0 Å². The molecule has 3 nitrogen and oxygen atoms in total. The quantitative estimate of drug-likeness (QED) is 0.761. The Balaban J connectivity index is 2.69. The first kappa shape index (κ1) is 9.51. The molecular weight excluding hydrogens is 173 g/mol. The first-order chi connectivity index (χ1) is 6.09. The summed E-state index contributed by atoms with van der Waals surface area (Å²) < 4.78 is 12.7. The van der Waals surface area contributed by atoms with E-state index in [4.69, 9.17) is 5.11 Å². The second kappa shape index (κ2) is 3.89. The zero-order valence-electron chi connectivity index (χ0n) is 7.20. The molecule has 0 radical (unpaired) electrons. The predicted molar refractivity (Wildman–Crippen MR) is 45.9 cm³/mol. The highest BCUT2D eigenvalue weighted by molar-refractivity contribution is 5.64. The third kappa shape index (κ3) is 2.74. The Kier molecular flexibility index (Phi) is 2.84. The third-order valence-electron chi connectivity index (χ3n) is 1.64. The van der Waals surface area contributed by atoms with Gasteiger partial charge in [-0.05, 0) is 17.7 Å². The average molecular weight is 183 g/mol. The number of hydrogen-bond acceptors (Lipinski definition) is 1. The number of rotatable bonds is 2. The Bertz CT molecular complexity index is 314. The van der Waals surface area contributed by atoms with E-state index in [-0.39, 0.29) is 12.4 Å². The van der Waals surface area contributed by atoms with Gasteiger partial charge in [0.05, 0.1) is 0 Å². The van der Waals surface area contributed by atoms with Crippen LogP contribution in [0.5, 0.6) is 0 Å². The summed E-state index contributed by atoms with van der Waals surface area (Å²) in [6.07, 6.45) is -1.02. The molecule has 1 amide bonds. The third-order valence-corrected chi connectivity index (χ3v) is 1.64. The van der Waals surface area contributed by atoms with Crippen LogP contribution in [-0.4, -0.2) is 23.1 Å². The van der Waals surface area contributed by atoms with E-state index < -0.39 is 6.09 Å². The molecule has 1 N–H and O–H groups in total. The summed E-state index contributed by atoms with van der Waals surface area (Å²) in [7, 11) is 1.44. The molecular formula is C9H10FNO2. The van der Waals surface area contributed by atoms with Crippen molar-refractivity contribution in [3.63, 3.8) is 0 Å². The van der Waals surface area contributed by atoms with Crippen molar-refractivity contribution in [1.29, 1.82) is 0 Å². The number of nitrogens with zero attached hydrogens (tertiary/aromatic N) is 1. The molecule has 1 aromatic carbocycles. The van der Waals surface area contributed by atoms with Gasteiger partial charge in [0.25, 0.3) is 0 Å². The van der Waals surface area contributed by atoms with Crippen LogP contribution in [0.1, 0.15) is 5.56 Å². The first-order valence-electron chi connectivity index (χ1n) is 3.78. The Hall–Kier alpha value is -1.58. The zero-order chi connectivity index (χ0) is 9.84. The smallest absolute Gasteiger partial charge is 0.407 e. The Morgan fingerprint density at radius 3 is 2.85 bits per heavy atom. The van der Waals surface area contributed by atoms with Gasteiger partial charge in [-0.1, -0.05) is 12.1 Å². The molecule has 0 bridgehead atoms. The van der Waals surface area contributed by atoms with Crippen LogP contribution in [0.2, 0.25) is 0 Å². The lowest BCUT2D eigenvalue weighted by Crippen LogP contribution is -2.23. The predicted octanol–water partition coefficient (Wildman–Crippen LogP) is 1.94. The minimum absolute atomic E-state index is 0.201. The van der Waals surface area contributed by atoms with Gasteiger partial charge in [0.2, 0.25) is 0 Å². The van der Waals surface area contributed by atoms with Crippen molar-refractivity contribution in [3.8, 4) is 0 Å². The molecule has 0 fully saturated rings. The highest BCUT2D eigenvalue weighted by Crippen LogP contribution is 2.05. The van der Waals surface area contributed by atoms with Crippen molar-refractivity contribution in [2.24, 2.45) is 0 Å². The molecule has 0 saturated carbocycles. The van der Waals surface area contributed by atoms with Gasteiger partial charge < -0.3 is 10.0 Å². The van der Waals surface area contributed by atoms with E-state index >= 15 is 0 Å². The SMILES string of the molecule is CN(Cc1cccc(F)c1)C(=O)O. The molecule has 0 saturated heterocycles. The molecule has 0 unspecified atom stereocenters. The minimum atomic E-state index is -1.02. The van der Waals surface area contributed by atoms with Gasteiger partial charge in [-0.25, -0.2) is 9.18 Å². The molecule has 4 heteroatoms. The summed E-state index contributed by atoms with van der Waals surface area (Å²) in [5.74, 6) is -0.351. The van der Waals surface area contributed by atoms with E-state index in [1.807, 2.05) is 0 Å². The summed E-state index contributed by atoms with van der Waals surface area (Å²) in [6.45, 7) is 0.201. The van der Waals surface area contributed by atoms with E-state index in [0.29, 0.717) is 5.56 Å². The number of carboxylic acid groups (broad SMARTS) is 1. The maximum atomic E-state index is 12.7. The Morgan fingerprint density at radius 1 is 1.62 bits per heavy atom. The molecule has 0 heterocycles. The zero-order valence-corrected chi connectivity index (χ0v) is 7.20. The van der Waals surface area contributed by atoms with Gasteiger partial charge >= 0.3 is 6.09 Å². The molecule has 0 aliphatic heterocycles. The molecule has 0 aromatic heterocycles. The average Bonchev–Trinajstić information content (AvgIpc) is 2.04. The van der Waals surface area contributed by atoms with Crippen LogP contribution < -0.4 is 0 Å². The van der Waals surface area contributed by atoms with Crippen LogP contribution in [0, 0.1) is 5.82 Å². The number of amides is 1. The van der Waals surface area contributed by atoms with Crippen LogP contribution in [-0.2, 0) is 6.54 Å². The van der Waals surface area contributed by atoms with Gasteiger partial charge in [0.15, 0.2) is 0 Å². The lowest BCUT2D eigenvalue weighted by atomic mass is 10.2. The molecule has 70 valence electrons. The lowest BCUT2D eigenvalue weighted by Gasteiger charge is -2.12. The fourth-order valence-electron chi connectivity index (χ4n) is 0.977. The molecule has 1 rings (SSSR count). The minimum Gasteiger partial charge on any atom is -0.465 e.